The van der Waals surface area contributed by atoms with Crippen LogP contribution in [0.5, 0.6) is 0 Å². The van der Waals surface area contributed by atoms with Crippen LogP contribution >= 0.6 is 22.6 Å². The van der Waals surface area contributed by atoms with Crippen LogP contribution in [0.1, 0.15) is 13.0 Å². The molecule has 0 amide bonds. The molecule has 1 aromatic carbocycles. The second-order valence-electron chi connectivity index (χ2n) is 4.07. The van der Waals surface area contributed by atoms with Crippen LogP contribution < -0.4 is 5.32 Å². The SMILES string of the molecule is COCC(C)n1ccnc1Nc1ccccc1I. The van der Waals surface area contributed by atoms with Gasteiger partial charge >= 0.3 is 0 Å². The molecule has 2 rings (SSSR count). The van der Waals surface area contributed by atoms with Crippen molar-refractivity contribution in [2.75, 3.05) is 19.0 Å². The molecule has 0 aliphatic rings. The third-order valence-electron chi connectivity index (χ3n) is 2.67. The van der Waals surface area contributed by atoms with E-state index >= 15 is 0 Å². The van der Waals surface area contributed by atoms with Gasteiger partial charge < -0.3 is 14.6 Å². The van der Waals surface area contributed by atoms with Crippen molar-refractivity contribution in [1.82, 2.24) is 9.55 Å². The number of nitrogens with zero attached hydrogens (tertiary/aromatic N) is 2. The predicted octanol–water partition coefficient (Wildman–Crippen LogP) is 3.44. The van der Waals surface area contributed by atoms with Gasteiger partial charge in [-0.15, -0.1) is 0 Å². The number of ether oxygens (including phenoxy) is 1. The number of hydrogen-bond donors (Lipinski definition) is 1. The third kappa shape index (κ3) is 3.02. The molecule has 0 aliphatic carbocycles. The van der Waals surface area contributed by atoms with E-state index in [2.05, 4.69) is 50.4 Å². The molecule has 1 heterocycles. The normalized spacial score (nSPS) is 12.4. The zero-order chi connectivity index (χ0) is 13.0. The number of hydrogen-bond acceptors (Lipinski definition) is 3. The molecule has 5 heteroatoms. The van der Waals surface area contributed by atoms with Crippen molar-refractivity contribution in [3.63, 3.8) is 0 Å². The Labute approximate surface area is 121 Å². The van der Waals surface area contributed by atoms with Crippen LogP contribution in [-0.2, 0) is 4.74 Å². The second kappa shape index (κ2) is 6.19. The lowest BCUT2D eigenvalue weighted by molar-refractivity contribution is 0.163. The van der Waals surface area contributed by atoms with Crippen LogP contribution in [0.15, 0.2) is 36.7 Å². The van der Waals surface area contributed by atoms with Crippen LogP contribution in [0.25, 0.3) is 0 Å². The Morgan fingerprint density at radius 2 is 2.22 bits per heavy atom. The fraction of sp³-hybridized carbons (Fsp3) is 0.308. The summed E-state index contributed by atoms with van der Waals surface area (Å²) in [5.74, 6) is 0.837. The maximum Gasteiger partial charge on any atom is 0.207 e. The number of nitrogens with one attached hydrogen (secondary N) is 1. The maximum atomic E-state index is 5.18. The van der Waals surface area contributed by atoms with Gasteiger partial charge in [0.2, 0.25) is 5.95 Å². The third-order valence-corrected chi connectivity index (χ3v) is 3.61. The molecule has 96 valence electrons. The van der Waals surface area contributed by atoms with Crippen molar-refractivity contribution in [3.05, 3.63) is 40.2 Å². The minimum Gasteiger partial charge on any atom is -0.383 e. The van der Waals surface area contributed by atoms with Gasteiger partial charge in [0.25, 0.3) is 0 Å². The molecule has 0 radical (unpaired) electrons. The molecule has 1 atom stereocenters. The first kappa shape index (κ1) is 13.4. The van der Waals surface area contributed by atoms with Crippen LogP contribution in [0.3, 0.4) is 0 Å². The number of methoxy groups -OCH3 is 1. The van der Waals surface area contributed by atoms with Crippen molar-refractivity contribution < 1.29 is 4.74 Å². The van der Waals surface area contributed by atoms with Crippen LogP contribution in [0.4, 0.5) is 11.6 Å². The van der Waals surface area contributed by atoms with Crippen molar-refractivity contribution in [3.8, 4) is 0 Å². The molecule has 18 heavy (non-hydrogen) atoms. The highest BCUT2D eigenvalue weighted by Crippen LogP contribution is 2.23. The largest absolute Gasteiger partial charge is 0.383 e. The molecule has 0 bridgehead atoms. The summed E-state index contributed by atoms with van der Waals surface area (Å²) >= 11 is 2.31. The zero-order valence-electron chi connectivity index (χ0n) is 10.4. The Hall–Kier alpha value is -1.08. The average Bonchev–Trinajstić information content (AvgIpc) is 2.81. The van der Waals surface area contributed by atoms with Crippen molar-refractivity contribution in [1.29, 1.82) is 0 Å². The summed E-state index contributed by atoms with van der Waals surface area (Å²) in [6.07, 6.45) is 3.76. The van der Waals surface area contributed by atoms with Crippen LogP contribution in [0.2, 0.25) is 0 Å². The van der Waals surface area contributed by atoms with Gasteiger partial charge in [0.05, 0.1) is 18.3 Å². The van der Waals surface area contributed by atoms with Gasteiger partial charge in [0.15, 0.2) is 0 Å². The lowest BCUT2D eigenvalue weighted by atomic mass is 10.3. The van der Waals surface area contributed by atoms with E-state index in [1.54, 1.807) is 13.3 Å². The molecule has 1 N–H and O–H groups in total. The van der Waals surface area contributed by atoms with E-state index in [1.807, 2.05) is 24.4 Å². The maximum absolute atomic E-state index is 5.18. The fourth-order valence-electron chi connectivity index (χ4n) is 1.77. The van der Waals surface area contributed by atoms with E-state index < -0.39 is 0 Å². The first-order chi connectivity index (χ1) is 8.72. The van der Waals surface area contributed by atoms with E-state index in [-0.39, 0.29) is 6.04 Å². The molecule has 0 fully saturated rings. The molecule has 0 saturated heterocycles. The number of halogens is 1. The molecule has 0 aliphatic heterocycles. The van der Waals surface area contributed by atoms with Gasteiger partial charge in [0, 0.05) is 23.1 Å². The van der Waals surface area contributed by atoms with E-state index in [1.165, 1.54) is 3.57 Å². The Morgan fingerprint density at radius 3 is 2.94 bits per heavy atom. The summed E-state index contributed by atoms with van der Waals surface area (Å²) in [4.78, 5) is 4.35. The predicted molar refractivity (Wildman–Crippen MR) is 81.3 cm³/mol. The minimum atomic E-state index is 0.251. The lowest BCUT2D eigenvalue weighted by Crippen LogP contribution is -2.13. The molecular formula is C13H16IN3O. The Balaban J connectivity index is 2.20. The molecule has 1 aromatic heterocycles. The van der Waals surface area contributed by atoms with E-state index in [0.717, 1.165) is 11.6 Å². The van der Waals surface area contributed by atoms with Crippen molar-refractivity contribution >= 4 is 34.2 Å². The number of rotatable bonds is 5. The monoisotopic (exact) mass is 357 g/mol. The molecule has 0 spiro atoms. The summed E-state index contributed by atoms with van der Waals surface area (Å²) in [5, 5.41) is 3.35. The van der Waals surface area contributed by atoms with E-state index in [0.29, 0.717) is 6.61 Å². The highest BCUT2D eigenvalue weighted by Gasteiger charge is 2.10. The Kier molecular flexibility index (Phi) is 4.60. The Morgan fingerprint density at radius 1 is 1.44 bits per heavy atom. The smallest absolute Gasteiger partial charge is 0.207 e. The van der Waals surface area contributed by atoms with Gasteiger partial charge in [-0.2, -0.15) is 0 Å². The average molecular weight is 357 g/mol. The number of benzene rings is 1. The second-order valence-corrected chi connectivity index (χ2v) is 5.23. The van der Waals surface area contributed by atoms with Crippen molar-refractivity contribution in [2.45, 2.75) is 13.0 Å². The highest BCUT2D eigenvalue weighted by molar-refractivity contribution is 14.1. The van der Waals surface area contributed by atoms with Gasteiger partial charge in [-0.05, 0) is 41.6 Å². The molecule has 2 aromatic rings. The minimum absolute atomic E-state index is 0.251. The van der Waals surface area contributed by atoms with Gasteiger partial charge in [-0.1, -0.05) is 12.1 Å². The lowest BCUT2D eigenvalue weighted by Gasteiger charge is -2.16. The number of para-hydroxylation sites is 1. The summed E-state index contributed by atoms with van der Waals surface area (Å²) in [6.45, 7) is 2.77. The summed E-state index contributed by atoms with van der Waals surface area (Å²) in [5.41, 5.74) is 1.06. The first-order valence-electron chi connectivity index (χ1n) is 5.75. The standard InChI is InChI=1S/C13H16IN3O/c1-10(9-18-2)17-8-7-15-13(17)16-12-6-4-3-5-11(12)14/h3-8,10H,9H2,1-2H3,(H,15,16). The molecule has 4 nitrogen and oxygen atoms in total. The van der Waals surface area contributed by atoms with Crippen LogP contribution in [-0.4, -0.2) is 23.3 Å². The first-order valence-corrected chi connectivity index (χ1v) is 6.83. The van der Waals surface area contributed by atoms with Crippen LogP contribution in [0, 0.1) is 3.57 Å². The number of anilines is 2. The molecular weight excluding hydrogens is 341 g/mol. The Bertz CT molecular complexity index is 512. The van der Waals surface area contributed by atoms with Gasteiger partial charge in [-0.3, -0.25) is 0 Å². The van der Waals surface area contributed by atoms with Crippen molar-refractivity contribution in [2.24, 2.45) is 0 Å². The van der Waals surface area contributed by atoms with Gasteiger partial charge in [0.1, 0.15) is 0 Å². The summed E-state index contributed by atoms with van der Waals surface area (Å²) in [6, 6.07) is 8.39. The van der Waals surface area contributed by atoms with E-state index in [9.17, 15) is 0 Å². The van der Waals surface area contributed by atoms with Gasteiger partial charge in [-0.25, -0.2) is 4.98 Å². The zero-order valence-corrected chi connectivity index (χ0v) is 12.6. The summed E-state index contributed by atoms with van der Waals surface area (Å²) in [7, 11) is 1.71. The number of aromatic nitrogens is 2. The quantitative estimate of drug-likeness (QED) is 0.834. The highest BCUT2D eigenvalue weighted by atomic mass is 127. The van der Waals surface area contributed by atoms with E-state index in [4.69, 9.17) is 4.74 Å². The fourth-order valence-corrected chi connectivity index (χ4v) is 2.29. The molecule has 1 unspecified atom stereocenters. The number of imidazole rings is 1. The molecule has 0 saturated carbocycles. The topological polar surface area (TPSA) is 39.1 Å². The summed E-state index contributed by atoms with van der Waals surface area (Å²) < 4.78 is 8.42.